The van der Waals surface area contributed by atoms with Crippen molar-refractivity contribution in [1.82, 2.24) is 19.5 Å². The van der Waals surface area contributed by atoms with Crippen LogP contribution in [0, 0.1) is 0 Å². The zero-order chi connectivity index (χ0) is 18.5. The number of methoxy groups -OCH3 is 1. The van der Waals surface area contributed by atoms with Gasteiger partial charge < -0.3 is 29.6 Å². The van der Waals surface area contributed by atoms with Crippen molar-refractivity contribution in [2.45, 2.75) is 16.5 Å². The Balaban J connectivity index is 1.80. The Labute approximate surface area is 155 Å². The van der Waals surface area contributed by atoms with E-state index in [1.165, 1.54) is 11.8 Å². The van der Waals surface area contributed by atoms with Crippen LogP contribution in [0.4, 0.5) is 5.95 Å². The smallest absolute Gasteiger partial charge is 0.223 e. The Morgan fingerprint density at radius 1 is 1.23 bits per heavy atom. The fourth-order valence-corrected chi connectivity index (χ4v) is 3.40. The number of fused-ring (bicyclic) bond motifs is 1. The van der Waals surface area contributed by atoms with E-state index in [9.17, 15) is 0 Å². The van der Waals surface area contributed by atoms with Crippen LogP contribution in [0.3, 0.4) is 0 Å². The molecule has 3 aromatic rings. The summed E-state index contributed by atoms with van der Waals surface area (Å²) in [5.74, 6) is 0.936. The van der Waals surface area contributed by atoms with Crippen molar-refractivity contribution in [3.63, 3.8) is 0 Å². The lowest BCUT2D eigenvalue weighted by Gasteiger charge is -2.07. The Bertz CT molecular complexity index is 874. The highest BCUT2D eigenvalue weighted by Crippen LogP contribution is 2.32. The highest BCUT2D eigenvalue weighted by atomic mass is 32.2. The van der Waals surface area contributed by atoms with E-state index in [0.717, 1.165) is 10.6 Å². The number of imidazole rings is 1. The molecule has 9 nitrogen and oxygen atoms in total. The largest absolute Gasteiger partial charge is 0.497 e. The molecular formula is C15H18N5O4PS. The van der Waals surface area contributed by atoms with Gasteiger partial charge in [-0.2, -0.15) is 4.98 Å². The Kier molecular flexibility index (Phi) is 6.23. The molecule has 11 heteroatoms. The van der Waals surface area contributed by atoms with Crippen molar-refractivity contribution >= 4 is 37.2 Å². The van der Waals surface area contributed by atoms with Crippen LogP contribution in [0.1, 0.15) is 0 Å². The first-order chi connectivity index (χ1) is 12.6. The van der Waals surface area contributed by atoms with Crippen LogP contribution in [-0.4, -0.2) is 49.4 Å². The number of benzene rings is 1. The van der Waals surface area contributed by atoms with Crippen LogP contribution in [-0.2, 0) is 11.3 Å². The van der Waals surface area contributed by atoms with Gasteiger partial charge in [0, 0.05) is 11.4 Å². The van der Waals surface area contributed by atoms with Gasteiger partial charge in [-0.15, -0.1) is 0 Å². The molecule has 1 aromatic carbocycles. The number of ether oxygens (including phenoxy) is 2. The van der Waals surface area contributed by atoms with Gasteiger partial charge >= 0.3 is 0 Å². The summed E-state index contributed by atoms with van der Waals surface area (Å²) in [5.41, 5.74) is 7.10. The van der Waals surface area contributed by atoms with Gasteiger partial charge in [-0.05, 0) is 24.3 Å². The second-order valence-electron chi connectivity index (χ2n) is 5.18. The van der Waals surface area contributed by atoms with Crippen LogP contribution in [0.15, 0.2) is 40.5 Å². The SMILES string of the molecule is COc1ccc(Sc2nc(N)nc3c2ncn3CCOCP(O)O)cc1. The molecule has 0 aliphatic heterocycles. The monoisotopic (exact) mass is 395 g/mol. The molecule has 0 saturated heterocycles. The molecule has 0 fully saturated rings. The first kappa shape index (κ1) is 18.8. The third kappa shape index (κ3) is 4.60. The molecule has 0 aliphatic rings. The molecule has 0 spiro atoms. The average Bonchev–Trinajstić information content (AvgIpc) is 3.02. The van der Waals surface area contributed by atoms with E-state index in [4.69, 9.17) is 25.0 Å². The van der Waals surface area contributed by atoms with Crippen molar-refractivity contribution in [2.24, 2.45) is 0 Å². The molecule has 4 N–H and O–H groups in total. The predicted octanol–water partition coefficient (Wildman–Crippen LogP) is 1.84. The fraction of sp³-hybridized carbons (Fsp3) is 0.267. The zero-order valence-corrected chi connectivity index (χ0v) is 15.7. The molecular weight excluding hydrogens is 377 g/mol. The minimum absolute atomic E-state index is 0.0857. The lowest BCUT2D eigenvalue weighted by Crippen LogP contribution is -2.07. The second-order valence-corrected chi connectivity index (χ2v) is 7.25. The summed E-state index contributed by atoms with van der Waals surface area (Å²) in [4.78, 5) is 31.6. The van der Waals surface area contributed by atoms with E-state index in [2.05, 4.69) is 15.0 Å². The van der Waals surface area contributed by atoms with Gasteiger partial charge in [0.25, 0.3) is 0 Å². The number of rotatable bonds is 8. The average molecular weight is 395 g/mol. The number of hydrogen-bond donors (Lipinski definition) is 3. The third-order valence-corrected chi connectivity index (χ3v) is 4.81. The van der Waals surface area contributed by atoms with Gasteiger partial charge in [-0.3, -0.25) is 0 Å². The summed E-state index contributed by atoms with van der Waals surface area (Å²) in [7, 11) is -0.431. The summed E-state index contributed by atoms with van der Waals surface area (Å²) in [6.07, 6.45) is 1.55. The predicted molar refractivity (Wildman–Crippen MR) is 99.0 cm³/mol. The fourth-order valence-electron chi connectivity index (χ4n) is 2.23. The maximum absolute atomic E-state index is 8.86. The normalized spacial score (nSPS) is 11.4. The second kappa shape index (κ2) is 8.61. The van der Waals surface area contributed by atoms with E-state index in [-0.39, 0.29) is 12.3 Å². The zero-order valence-electron chi connectivity index (χ0n) is 13.9. The number of anilines is 1. The quantitative estimate of drug-likeness (QED) is 0.297. The summed E-state index contributed by atoms with van der Waals surface area (Å²) >= 11 is 1.44. The highest BCUT2D eigenvalue weighted by Gasteiger charge is 2.14. The van der Waals surface area contributed by atoms with Crippen molar-refractivity contribution in [3.05, 3.63) is 30.6 Å². The standard InChI is InChI=1S/C15H18N5O4PS/c1-23-10-2-4-11(5-3-10)26-14-12-13(18-15(16)19-14)20(8-17-12)6-7-24-9-25(21)22/h2-5,8,21-22H,6-7,9H2,1H3,(H2,16,18,19). The molecule has 26 heavy (non-hydrogen) atoms. The number of hydrogen-bond acceptors (Lipinski definition) is 9. The maximum atomic E-state index is 8.86. The minimum atomic E-state index is -2.05. The molecule has 3 rings (SSSR count). The number of nitrogens with two attached hydrogens (primary N) is 1. The molecule has 0 unspecified atom stereocenters. The Morgan fingerprint density at radius 2 is 2.00 bits per heavy atom. The molecule has 0 amide bonds. The van der Waals surface area contributed by atoms with Crippen molar-refractivity contribution in [1.29, 1.82) is 0 Å². The van der Waals surface area contributed by atoms with E-state index in [0.29, 0.717) is 29.3 Å². The van der Waals surface area contributed by atoms with Crippen LogP contribution < -0.4 is 10.5 Å². The third-order valence-electron chi connectivity index (χ3n) is 3.41. The Hall–Kier alpha value is -1.97. The molecule has 2 aromatic heterocycles. The van der Waals surface area contributed by atoms with Gasteiger partial charge in [0.1, 0.15) is 22.6 Å². The van der Waals surface area contributed by atoms with Gasteiger partial charge in [-0.1, -0.05) is 11.8 Å². The molecule has 2 heterocycles. The van der Waals surface area contributed by atoms with Crippen LogP contribution in [0.25, 0.3) is 11.2 Å². The summed E-state index contributed by atoms with van der Waals surface area (Å²) in [5, 5.41) is 0.659. The number of nitrogen functional groups attached to an aromatic ring is 1. The van der Waals surface area contributed by atoms with Crippen molar-refractivity contribution < 1.29 is 19.3 Å². The van der Waals surface area contributed by atoms with Gasteiger partial charge in [0.15, 0.2) is 14.0 Å². The lowest BCUT2D eigenvalue weighted by molar-refractivity contribution is 0.159. The van der Waals surface area contributed by atoms with Crippen LogP contribution in [0.2, 0.25) is 0 Å². The van der Waals surface area contributed by atoms with Crippen LogP contribution in [0.5, 0.6) is 5.75 Å². The lowest BCUT2D eigenvalue weighted by atomic mass is 10.3. The molecule has 0 radical (unpaired) electrons. The van der Waals surface area contributed by atoms with Crippen molar-refractivity contribution in [3.8, 4) is 5.75 Å². The van der Waals surface area contributed by atoms with Gasteiger partial charge in [-0.25, -0.2) is 9.97 Å². The molecule has 0 aliphatic carbocycles. The Morgan fingerprint density at radius 3 is 2.69 bits per heavy atom. The summed E-state index contributed by atoms with van der Waals surface area (Å²) in [6.45, 7) is 0.763. The molecule has 0 bridgehead atoms. The summed E-state index contributed by atoms with van der Waals surface area (Å²) < 4.78 is 12.1. The van der Waals surface area contributed by atoms with E-state index < -0.39 is 8.38 Å². The molecule has 0 saturated carbocycles. The minimum Gasteiger partial charge on any atom is -0.497 e. The molecule has 138 valence electrons. The van der Waals surface area contributed by atoms with E-state index in [1.807, 2.05) is 24.3 Å². The summed E-state index contributed by atoms with van der Waals surface area (Å²) in [6, 6.07) is 7.61. The topological polar surface area (TPSA) is 129 Å². The number of nitrogens with zero attached hydrogens (tertiary/aromatic N) is 4. The molecule has 0 atom stereocenters. The van der Waals surface area contributed by atoms with Crippen LogP contribution >= 0.6 is 20.1 Å². The van der Waals surface area contributed by atoms with E-state index in [1.54, 1.807) is 18.0 Å². The van der Waals surface area contributed by atoms with E-state index >= 15 is 0 Å². The maximum Gasteiger partial charge on any atom is 0.223 e. The first-order valence-electron chi connectivity index (χ1n) is 7.60. The van der Waals surface area contributed by atoms with Gasteiger partial charge in [0.2, 0.25) is 5.95 Å². The van der Waals surface area contributed by atoms with Gasteiger partial charge in [0.05, 0.1) is 20.0 Å². The van der Waals surface area contributed by atoms with Crippen molar-refractivity contribution in [2.75, 3.05) is 25.8 Å². The first-order valence-corrected chi connectivity index (χ1v) is 9.85. The highest BCUT2D eigenvalue weighted by molar-refractivity contribution is 7.99. The number of aromatic nitrogens is 4.